The Morgan fingerprint density at radius 3 is 2.12 bits per heavy atom. The van der Waals surface area contributed by atoms with E-state index in [1.807, 2.05) is 0 Å². The molecule has 0 radical (unpaired) electrons. The number of hydrogen-bond acceptors (Lipinski definition) is 3. The highest BCUT2D eigenvalue weighted by atomic mass is 79.9. The van der Waals surface area contributed by atoms with E-state index in [1.54, 1.807) is 6.92 Å². The topological polar surface area (TPSA) is 71.4 Å². The molecule has 16 heavy (non-hydrogen) atoms. The summed E-state index contributed by atoms with van der Waals surface area (Å²) in [5.74, 6) is 0. The molecule has 0 saturated heterocycles. The average molecular weight is 396 g/mol. The standard InChI is InChI=1S/C8H12Br2O4S2/c1-5(9)4-8(15(11)12)6(2)16(13,14)7(3)10/h4-5,7H,2H2,1,3H3,(H,11,12)/b8-4-. The third kappa shape index (κ3) is 4.40. The van der Waals surface area contributed by atoms with Crippen molar-refractivity contribution in [2.24, 2.45) is 0 Å². The van der Waals surface area contributed by atoms with Gasteiger partial charge in [0.1, 0.15) is 4.16 Å². The van der Waals surface area contributed by atoms with E-state index in [9.17, 15) is 12.6 Å². The smallest absolute Gasteiger partial charge is 0.191 e. The molecule has 94 valence electrons. The first-order chi connectivity index (χ1) is 7.10. The van der Waals surface area contributed by atoms with E-state index in [-0.39, 0.29) is 14.6 Å². The van der Waals surface area contributed by atoms with Gasteiger partial charge in [0.2, 0.25) is 0 Å². The number of sulfone groups is 1. The summed E-state index contributed by atoms with van der Waals surface area (Å²) in [5, 5.41) is 0. The maximum atomic E-state index is 11.7. The van der Waals surface area contributed by atoms with Gasteiger partial charge in [0.05, 0.1) is 9.81 Å². The van der Waals surface area contributed by atoms with Gasteiger partial charge in [-0.15, -0.1) is 0 Å². The first-order valence-corrected chi connectivity index (χ1v) is 8.63. The third-order valence-corrected chi connectivity index (χ3v) is 6.01. The van der Waals surface area contributed by atoms with E-state index in [0.29, 0.717) is 0 Å². The molecular formula is C8H12Br2O4S2. The van der Waals surface area contributed by atoms with Crippen LogP contribution in [-0.4, -0.2) is 26.2 Å². The first-order valence-electron chi connectivity index (χ1n) is 4.14. The van der Waals surface area contributed by atoms with Crippen molar-refractivity contribution >= 4 is 52.8 Å². The average Bonchev–Trinajstić information content (AvgIpc) is 2.11. The fraction of sp³-hybridized carbons (Fsp3) is 0.500. The predicted molar refractivity (Wildman–Crippen MR) is 73.7 cm³/mol. The molecule has 0 saturated carbocycles. The van der Waals surface area contributed by atoms with Crippen molar-refractivity contribution in [3.05, 3.63) is 22.5 Å². The highest BCUT2D eigenvalue weighted by Crippen LogP contribution is 2.25. The molecule has 0 heterocycles. The molecule has 0 aliphatic carbocycles. The van der Waals surface area contributed by atoms with Crippen LogP contribution in [0.1, 0.15) is 13.8 Å². The summed E-state index contributed by atoms with van der Waals surface area (Å²) in [6.07, 6.45) is 1.34. The highest BCUT2D eigenvalue weighted by molar-refractivity contribution is 9.11. The summed E-state index contributed by atoms with van der Waals surface area (Å²) in [6, 6.07) is 0. The molecule has 0 aliphatic heterocycles. The lowest BCUT2D eigenvalue weighted by molar-refractivity contribution is 0.570. The van der Waals surface area contributed by atoms with Gasteiger partial charge in [-0.1, -0.05) is 44.5 Å². The van der Waals surface area contributed by atoms with Crippen LogP contribution in [0.4, 0.5) is 0 Å². The molecule has 8 heteroatoms. The quantitative estimate of drug-likeness (QED) is 0.441. The molecule has 0 aromatic heterocycles. The Morgan fingerprint density at radius 2 is 1.88 bits per heavy atom. The van der Waals surface area contributed by atoms with Gasteiger partial charge in [-0.05, 0) is 13.8 Å². The van der Waals surface area contributed by atoms with Gasteiger partial charge in [0, 0.05) is 4.83 Å². The highest BCUT2D eigenvalue weighted by Gasteiger charge is 2.27. The lowest BCUT2D eigenvalue weighted by Crippen LogP contribution is -2.16. The second-order valence-electron chi connectivity index (χ2n) is 2.97. The Balaban J connectivity index is 5.47. The number of hydrogen-bond donors (Lipinski definition) is 1. The Kier molecular flexibility index (Phi) is 6.64. The maximum Gasteiger partial charge on any atom is 0.191 e. The second-order valence-corrected chi connectivity index (χ2v) is 9.62. The number of halogens is 2. The van der Waals surface area contributed by atoms with E-state index in [4.69, 9.17) is 4.55 Å². The number of allylic oxidation sites excluding steroid dienone is 1. The zero-order chi connectivity index (χ0) is 13.1. The molecule has 0 aliphatic rings. The molecule has 4 nitrogen and oxygen atoms in total. The molecule has 3 unspecified atom stereocenters. The van der Waals surface area contributed by atoms with Gasteiger partial charge in [-0.3, -0.25) is 0 Å². The summed E-state index contributed by atoms with van der Waals surface area (Å²) in [4.78, 5) is -0.768. The van der Waals surface area contributed by atoms with Crippen LogP contribution >= 0.6 is 31.9 Å². The molecule has 0 aromatic rings. The second kappa shape index (κ2) is 6.44. The molecule has 0 aromatic carbocycles. The van der Waals surface area contributed by atoms with Crippen molar-refractivity contribution < 1.29 is 17.2 Å². The van der Waals surface area contributed by atoms with Gasteiger partial charge in [-0.25, -0.2) is 12.6 Å². The van der Waals surface area contributed by atoms with Crippen LogP contribution in [0, 0.1) is 0 Å². The van der Waals surface area contributed by atoms with Gasteiger partial charge in [0.25, 0.3) is 0 Å². The molecular weight excluding hydrogens is 384 g/mol. The minimum Gasteiger partial charge on any atom is -0.302 e. The molecule has 3 atom stereocenters. The summed E-state index contributed by atoms with van der Waals surface area (Å²) >= 11 is 3.67. The molecule has 0 spiro atoms. The van der Waals surface area contributed by atoms with Crippen LogP contribution in [0.5, 0.6) is 0 Å². The van der Waals surface area contributed by atoms with Gasteiger partial charge >= 0.3 is 0 Å². The van der Waals surface area contributed by atoms with E-state index >= 15 is 0 Å². The Morgan fingerprint density at radius 1 is 1.44 bits per heavy atom. The monoisotopic (exact) mass is 394 g/mol. The van der Waals surface area contributed by atoms with Crippen LogP contribution in [0.25, 0.3) is 0 Å². The van der Waals surface area contributed by atoms with Crippen molar-refractivity contribution in [1.82, 2.24) is 0 Å². The first kappa shape index (κ1) is 16.5. The summed E-state index contributed by atoms with van der Waals surface area (Å²) in [7, 11) is -3.69. The Bertz CT molecular complexity index is 423. The molecule has 0 fully saturated rings. The molecule has 0 rings (SSSR count). The molecule has 0 amide bonds. The lowest BCUT2D eigenvalue weighted by atomic mass is 10.4. The van der Waals surface area contributed by atoms with Crippen LogP contribution in [-0.2, 0) is 20.9 Å². The van der Waals surface area contributed by atoms with Gasteiger partial charge < -0.3 is 4.55 Å². The van der Waals surface area contributed by atoms with E-state index in [2.05, 4.69) is 38.4 Å². The van der Waals surface area contributed by atoms with E-state index in [0.717, 1.165) is 0 Å². The number of alkyl halides is 2. The molecule has 0 bridgehead atoms. The van der Waals surface area contributed by atoms with E-state index < -0.39 is 25.1 Å². The Labute approximate surface area is 115 Å². The van der Waals surface area contributed by atoms with Gasteiger partial charge in [-0.2, -0.15) is 0 Å². The van der Waals surface area contributed by atoms with Crippen molar-refractivity contribution in [2.45, 2.75) is 22.8 Å². The zero-order valence-corrected chi connectivity index (χ0v) is 13.5. The predicted octanol–water partition coefficient (Wildman–Crippen LogP) is 2.54. The molecule has 1 N–H and O–H groups in total. The summed E-state index contributed by atoms with van der Waals surface area (Å²) < 4.78 is 42.6. The maximum absolute atomic E-state index is 11.7. The third-order valence-electron chi connectivity index (χ3n) is 1.62. The SMILES string of the molecule is C=C(/C(=C/C(C)Br)S(=O)O)S(=O)(=O)C(C)Br. The van der Waals surface area contributed by atoms with Crippen LogP contribution < -0.4 is 0 Å². The Hall–Kier alpha value is 0.500. The van der Waals surface area contributed by atoms with Crippen molar-refractivity contribution in [1.29, 1.82) is 0 Å². The van der Waals surface area contributed by atoms with Crippen molar-refractivity contribution in [2.75, 3.05) is 0 Å². The van der Waals surface area contributed by atoms with E-state index in [1.165, 1.54) is 13.0 Å². The summed E-state index contributed by atoms with van der Waals surface area (Å²) in [5.41, 5.74) is 0. The van der Waals surface area contributed by atoms with Crippen LogP contribution in [0.15, 0.2) is 22.5 Å². The largest absolute Gasteiger partial charge is 0.302 e. The zero-order valence-electron chi connectivity index (χ0n) is 8.68. The van der Waals surface area contributed by atoms with Crippen molar-refractivity contribution in [3.8, 4) is 0 Å². The van der Waals surface area contributed by atoms with Crippen LogP contribution in [0.3, 0.4) is 0 Å². The van der Waals surface area contributed by atoms with Crippen LogP contribution in [0.2, 0.25) is 0 Å². The fourth-order valence-corrected chi connectivity index (χ4v) is 3.73. The fourth-order valence-electron chi connectivity index (χ4n) is 0.793. The minimum atomic E-state index is -3.69. The number of rotatable bonds is 5. The minimum absolute atomic E-state index is 0.198. The van der Waals surface area contributed by atoms with Gasteiger partial charge in [0.15, 0.2) is 20.9 Å². The normalized spacial score (nSPS) is 18.9. The lowest BCUT2D eigenvalue weighted by Gasteiger charge is -2.11. The summed E-state index contributed by atoms with van der Waals surface area (Å²) in [6.45, 7) is 6.47. The van der Waals surface area contributed by atoms with Crippen molar-refractivity contribution in [3.63, 3.8) is 0 Å².